The van der Waals surface area contributed by atoms with Crippen molar-refractivity contribution in [1.29, 1.82) is 0 Å². The first-order valence-electron chi connectivity index (χ1n) is 17.4. The number of fused-ring (bicyclic) bond motifs is 3. The first-order valence-corrected chi connectivity index (χ1v) is 18.2. The van der Waals surface area contributed by atoms with Crippen molar-refractivity contribution in [3.05, 3.63) is 79.3 Å². The number of aliphatic hydroxyl groups excluding tert-OH is 1. The molecule has 12 nitrogen and oxygen atoms in total. The number of pyridine rings is 2. The van der Waals surface area contributed by atoms with Gasteiger partial charge in [-0.15, -0.1) is 11.3 Å². The predicted octanol–water partition coefficient (Wildman–Crippen LogP) is 3.12. The van der Waals surface area contributed by atoms with Crippen LogP contribution in [0.25, 0.3) is 0 Å². The van der Waals surface area contributed by atoms with Crippen LogP contribution in [0.2, 0.25) is 0 Å². The van der Waals surface area contributed by atoms with Gasteiger partial charge < -0.3 is 34.3 Å². The van der Waals surface area contributed by atoms with E-state index in [-0.39, 0.29) is 22.6 Å². The molecule has 4 aliphatic heterocycles. The van der Waals surface area contributed by atoms with Crippen molar-refractivity contribution in [3.63, 3.8) is 0 Å². The van der Waals surface area contributed by atoms with Gasteiger partial charge in [-0.1, -0.05) is 13.8 Å². The minimum Gasteiger partial charge on any atom is -0.395 e. The molecular formula is C37H43N7O5S. The lowest BCUT2D eigenvalue weighted by Gasteiger charge is -2.43. The Bertz CT molecular complexity index is 1950. The molecule has 2 unspecified atom stereocenters. The van der Waals surface area contributed by atoms with Crippen molar-refractivity contribution >= 4 is 46.9 Å². The summed E-state index contributed by atoms with van der Waals surface area (Å²) in [6, 6.07) is 6.09. The number of carbonyl (C=O) groups excluding carboxylic acids is 2. The van der Waals surface area contributed by atoms with Crippen molar-refractivity contribution in [2.75, 3.05) is 62.8 Å². The van der Waals surface area contributed by atoms with E-state index < -0.39 is 17.9 Å². The number of nitrogens with zero attached hydrogens (tertiary/aromatic N) is 6. The van der Waals surface area contributed by atoms with E-state index in [9.17, 15) is 19.5 Å². The van der Waals surface area contributed by atoms with E-state index >= 15 is 0 Å². The first-order chi connectivity index (χ1) is 24.1. The lowest BCUT2D eigenvalue weighted by Crippen LogP contribution is -2.56. The number of thiophene rings is 1. The summed E-state index contributed by atoms with van der Waals surface area (Å²) in [7, 11) is 1.65. The van der Waals surface area contributed by atoms with Crippen LogP contribution in [0.5, 0.6) is 0 Å². The Kier molecular flexibility index (Phi) is 8.28. The summed E-state index contributed by atoms with van der Waals surface area (Å²) < 4.78 is 6.80. The molecule has 2 saturated heterocycles. The van der Waals surface area contributed by atoms with Gasteiger partial charge >= 0.3 is 0 Å². The van der Waals surface area contributed by atoms with Crippen LogP contribution >= 0.6 is 11.3 Å². The van der Waals surface area contributed by atoms with Gasteiger partial charge in [-0.3, -0.25) is 19.5 Å². The van der Waals surface area contributed by atoms with E-state index in [0.717, 1.165) is 74.6 Å². The van der Waals surface area contributed by atoms with Gasteiger partial charge in [0.1, 0.15) is 23.2 Å². The maximum Gasteiger partial charge on any atom is 0.274 e. The van der Waals surface area contributed by atoms with Crippen LogP contribution in [0, 0.1) is 10.8 Å². The number of piperazine rings is 1. The van der Waals surface area contributed by atoms with Crippen molar-refractivity contribution in [2.24, 2.45) is 22.9 Å². The number of carbonyl (C=O) groups is 2. The van der Waals surface area contributed by atoms with Crippen LogP contribution in [-0.4, -0.2) is 101 Å². The Labute approximate surface area is 295 Å². The minimum atomic E-state index is -1.48. The van der Waals surface area contributed by atoms with Crippen molar-refractivity contribution in [2.45, 2.75) is 45.1 Å². The molecule has 2 N–H and O–H groups in total. The fourth-order valence-corrected chi connectivity index (χ4v) is 9.79. The van der Waals surface area contributed by atoms with E-state index in [1.54, 1.807) is 41.8 Å². The fourth-order valence-electron chi connectivity index (χ4n) is 8.22. The van der Waals surface area contributed by atoms with E-state index in [1.165, 1.54) is 21.2 Å². The molecule has 0 aromatic carbocycles. The molecule has 2 atom stereocenters. The maximum atomic E-state index is 14.1. The van der Waals surface area contributed by atoms with Crippen LogP contribution < -0.4 is 15.8 Å². The van der Waals surface area contributed by atoms with E-state index in [4.69, 9.17) is 4.74 Å². The zero-order chi connectivity index (χ0) is 34.8. The molecule has 2 fully saturated rings. The van der Waals surface area contributed by atoms with Gasteiger partial charge in [0.2, 0.25) is 0 Å². The minimum absolute atomic E-state index is 0.155. The van der Waals surface area contributed by atoms with E-state index in [1.807, 2.05) is 18.3 Å². The molecule has 1 aliphatic carbocycles. The summed E-state index contributed by atoms with van der Waals surface area (Å²) in [6.45, 7) is 9.80. The molecule has 0 spiro atoms. The molecule has 0 saturated carbocycles. The topological polar surface area (TPSA) is 133 Å². The molecule has 0 radical (unpaired) electrons. The number of aliphatic hydroxyl groups is 1. The third-order valence-electron chi connectivity index (χ3n) is 11.1. The van der Waals surface area contributed by atoms with Gasteiger partial charge in [-0.05, 0) is 59.6 Å². The number of nitrogens with one attached hydrogen (secondary N) is 1. The maximum absolute atomic E-state index is 14.1. The lowest BCUT2D eigenvalue weighted by molar-refractivity contribution is -0.117. The SMILES string of the molecule is Cn1cc(C2C=NC=C(N3CCc4c(sc5c4CC(C)(C)C5)C3=O)C2(C=O)CO)cc(Nc2ccc(N3CCN(C4COC4)CC3)cn2)c1=O. The van der Waals surface area contributed by atoms with Gasteiger partial charge in [-0.2, -0.15) is 0 Å². The first kappa shape index (κ1) is 33.0. The number of hydrogen-bond acceptors (Lipinski definition) is 11. The monoisotopic (exact) mass is 697 g/mol. The largest absolute Gasteiger partial charge is 0.395 e. The van der Waals surface area contributed by atoms with Gasteiger partial charge in [0.25, 0.3) is 11.5 Å². The molecule has 7 heterocycles. The fraction of sp³-hybridized carbons (Fsp3) is 0.486. The average molecular weight is 698 g/mol. The highest BCUT2D eigenvalue weighted by Crippen LogP contribution is 2.48. The third-order valence-corrected chi connectivity index (χ3v) is 12.4. The summed E-state index contributed by atoms with van der Waals surface area (Å²) in [5.74, 6) is -0.380. The Morgan fingerprint density at radius 3 is 2.58 bits per heavy atom. The molecule has 3 aromatic heterocycles. The normalized spacial score (nSPS) is 24.8. The molecule has 0 bridgehead atoms. The number of anilines is 3. The lowest BCUT2D eigenvalue weighted by atomic mass is 9.70. The molecule has 3 aromatic rings. The summed E-state index contributed by atoms with van der Waals surface area (Å²) >= 11 is 1.57. The molecule has 262 valence electrons. The second-order valence-electron chi connectivity index (χ2n) is 15.0. The zero-order valence-corrected chi connectivity index (χ0v) is 29.5. The van der Waals surface area contributed by atoms with Crippen LogP contribution in [0.1, 0.15) is 51.0 Å². The van der Waals surface area contributed by atoms with Gasteiger partial charge in [-0.25, -0.2) is 4.98 Å². The predicted molar refractivity (Wildman–Crippen MR) is 193 cm³/mol. The number of rotatable bonds is 8. The average Bonchev–Trinajstić information content (AvgIpc) is 3.58. The standard InChI is InChI=1S/C37H43N7O5S/c1-36(2)13-27-26-6-7-44(35(48)33(26)50-30(27)14-36)31-17-38-16-28(37(31,21-45)22-46)23-12-29(34(47)41(3)18-23)40-32-5-4-24(15-39-32)42-8-10-43(11-9-42)25-19-49-20-25/h4-5,12,15-18,21,25,28,46H,6-11,13-14,19-20,22H2,1-3H3,(H,39,40). The van der Waals surface area contributed by atoms with Gasteiger partial charge in [0, 0.05) is 69.2 Å². The van der Waals surface area contributed by atoms with Crippen molar-refractivity contribution < 1.29 is 19.4 Å². The van der Waals surface area contributed by atoms with Gasteiger partial charge in [0.05, 0.1) is 48.3 Å². The Hall–Kier alpha value is -4.17. The summed E-state index contributed by atoms with van der Waals surface area (Å²) in [5, 5.41) is 14.1. The second-order valence-corrected chi connectivity index (χ2v) is 16.1. The van der Waals surface area contributed by atoms with E-state index in [2.05, 4.69) is 38.9 Å². The van der Waals surface area contributed by atoms with Crippen molar-refractivity contribution in [3.8, 4) is 0 Å². The smallest absolute Gasteiger partial charge is 0.274 e. The number of aromatic nitrogens is 2. The highest BCUT2D eigenvalue weighted by molar-refractivity contribution is 7.14. The number of ether oxygens (including phenoxy) is 1. The molecule has 13 heteroatoms. The number of amides is 1. The Morgan fingerprint density at radius 1 is 1.10 bits per heavy atom. The number of hydrogen-bond donors (Lipinski definition) is 2. The van der Waals surface area contributed by atoms with Crippen LogP contribution in [0.3, 0.4) is 0 Å². The number of aryl methyl sites for hydroxylation is 1. The van der Waals surface area contributed by atoms with Crippen LogP contribution in [0.4, 0.5) is 17.2 Å². The molecular weight excluding hydrogens is 655 g/mol. The highest BCUT2D eigenvalue weighted by Gasteiger charge is 2.49. The second kappa shape index (κ2) is 12.6. The third kappa shape index (κ3) is 5.51. The zero-order valence-electron chi connectivity index (χ0n) is 28.7. The number of aldehydes is 1. The number of aliphatic imine (C=N–C) groups is 1. The van der Waals surface area contributed by atoms with Crippen LogP contribution in [-0.2, 0) is 35.8 Å². The Morgan fingerprint density at radius 2 is 1.90 bits per heavy atom. The highest BCUT2D eigenvalue weighted by atomic mass is 32.1. The molecule has 8 rings (SSSR count). The molecule has 1 amide bonds. The molecule has 50 heavy (non-hydrogen) atoms. The van der Waals surface area contributed by atoms with Crippen LogP contribution in [0.15, 0.2) is 52.3 Å². The quantitative estimate of drug-likeness (QED) is 0.341. The summed E-state index contributed by atoms with van der Waals surface area (Å²) in [6.07, 6.45) is 9.95. The van der Waals surface area contributed by atoms with Crippen molar-refractivity contribution in [1.82, 2.24) is 19.4 Å². The van der Waals surface area contributed by atoms with Gasteiger partial charge in [0.15, 0.2) is 0 Å². The summed E-state index contributed by atoms with van der Waals surface area (Å²) in [5.41, 5.74) is 3.14. The Balaban J connectivity index is 1.03. The summed E-state index contributed by atoms with van der Waals surface area (Å²) in [4.78, 5) is 58.1. The van der Waals surface area contributed by atoms with E-state index in [0.29, 0.717) is 36.1 Å². The molecule has 5 aliphatic rings.